The van der Waals surface area contributed by atoms with Gasteiger partial charge in [-0.1, -0.05) is 66.9 Å². The van der Waals surface area contributed by atoms with Crippen molar-refractivity contribution in [2.45, 2.75) is 94.9 Å². The van der Waals surface area contributed by atoms with Gasteiger partial charge in [0.25, 0.3) is 5.56 Å². The van der Waals surface area contributed by atoms with Crippen LogP contribution in [0, 0.1) is 13.8 Å². The van der Waals surface area contributed by atoms with Crippen LogP contribution in [-0.4, -0.2) is 68.3 Å². The SMILES string of the molecule is Cc1ccc([C@H](c2cn(C3CCCC3)nc2-c2ccccc2C)n2cccc(N3C[C@H](C(=O)NC45CCC(CC4)NC5=O)N(C)C3=O)c2=O)cc1. The third-order valence-corrected chi connectivity index (χ3v) is 11.7. The Hall–Kier alpha value is -5.19. The van der Waals surface area contributed by atoms with Gasteiger partial charge in [0.15, 0.2) is 0 Å². The number of pyridine rings is 1. The van der Waals surface area contributed by atoms with Gasteiger partial charge in [-0.3, -0.25) is 24.0 Å². The molecule has 0 spiro atoms. The van der Waals surface area contributed by atoms with Crippen LogP contribution >= 0.6 is 0 Å². The van der Waals surface area contributed by atoms with E-state index in [1.165, 1.54) is 9.80 Å². The number of hydrogen-bond acceptors (Lipinski definition) is 5. The maximum absolute atomic E-state index is 14.7. The van der Waals surface area contributed by atoms with E-state index in [2.05, 4.69) is 52.7 Å². The molecular weight excluding hydrogens is 642 g/mol. The molecule has 2 aliphatic carbocycles. The number of urea groups is 1. The summed E-state index contributed by atoms with van der Waals surface area (Å²) in [6.07, 6.45) is 11.1. The van der Waals surface area contributed by atoms with Crippen molar-refractivity contribution in [2.75, 3.05) is 18.5 Å². The van der Waals surface area contributed by atoms with E-state index in [0.29, 0.717) is 18.9 Å². The van der Waals surface area contributed by atoms with Crippen LogP contribution in [0.5, 0.6) is 0 Å². The van der Waals surface area contributed by atoms with Crippen molar-refractivity contribution in [1.82, 2.24) is 29.9 Å². The largest absolute Gasteiger partial charge is 0.351 e. The van der Waals surface area contributed by atoms with Crippen molar-refractivity contribution in [1.29, 1.82) is 0 Å². The second kappa shape index (κ2) is 12.9. The molecule has 3 aliphatic heterocycles. The first-order valence-corrected chi connectivity index (χ1v) is 18.2. The number of nitrogens with one attached hydrogen (secondary N) is 2. The number of rotatable bonds is 8. The average molecular weight is 688 g/mol. The van der Waals surface area contributed by atoms with Gasteiger partial charge in [0.05, 0.1) is 24.3 Å². The molecule has 2 N–H and O–H groups in total. The van der Waals surface area contributed by atoms with Crippen LogP contribution in [0.2, 0.25) is 0 Å². The van der Waals surface area contributed by atoms with Crippen molar-refractivity contribution in [3.8, 4) is 11.3 Å². The highest BCUT2D eigenvalue weighted by Gasteiger charge is 2.50. The van der Waals surface area contributed by atoms with Crippen LogP contribution in [0.3, 0.4) is 0 Å². The third-order valence-electron chi connectivity index (χ3n) is 11.7. The summed E-state index contributed by atoms with van der Waals surface area (Å²) in [5.41, 5.74) is 4.74. The zero-order valence-electron chi connectivity index (χ0n) is 29.5. The number of carbonyl (C=O) groups excluding carboxylic acids is 3. The average Bonchev–Trinajstić information content (AvgIpc) is 3.88. The summed E-state index contributed by atoms with van der Waals surface area (Å²) in [5, 5.41) is 11.2. The smallest absolute Gasteiger partial charge is 0.325 e. The minimum absolute atomic E-state index is 0.00991. The number of aromatic nitrogens is 3. The molecule has 4 aromatic rings. The number of nitrogens with zero attached hydrogens (tertiary/aromatic N) is 5. The summed E-state index contributed by atoms with van der Waals surface area (Å²) in [4.78, 5) is 58.0. The number of fused-ring (bicyclic) bond motifs is 3. The number of anilines is 1. The summed E-state index contributed by atoms with van der Waals surface area (Å²) in [6.45, 7) is 4.11. The van der Waals surface area contributed by atoms with Gasteiger partial charge >= 0.3 is 6.03 Å². The highest BCUT2D eigenvalue weighted by Crippen LogP contribution is 2.39. The van der Waals surface area contributed by atoms with Gasteiger partial charge in [-0.05, 0) is 75.6 Å². The van der Waals surface area contributed by atoms with Crippen LogP contribution in [-0.2, 0) is 9.59 Å². The highest BCUT2D eigenvalue weighted by molar-refractivity contribution is 6.02. The number of carbonyl (C=O) groups is 3. The number of benzene rings is 2. The first-order valence-electron chi connectivity index (χ1n) is 18.2. The molecule has 4 amide bonds. The van der Waals surface area contributed by atoms with E-state index in [1.54, 1.807) is 29.9 Å². The molecule has 2 aromatic carbocycles. The molecule has 5 fully saturated rings. The molecule has 264 valence electrons. The quantitative estimate of drug-likeness (QED) is 0.262. The van der Waals surface area contributed by atoms with Crippen molar-refractivity contribution in [3.63, 3.8) is 0 Å². The minimum Gasteiger partial charge on any atom is -0.351 e. The molecule has 2 aromatic heterocycles. The van der Waals surface area contributed by atoms with E-state index in [9.17, 15) is 19.2 Å². The van der Waals surface area contributed by atoms with Crippen LogP contribution < -0.4 is 21.1 Å². The van der Waals surface area contributed by atoms with Gasteiger partial charge in [0, 0.05) is 36.6 Å². The molecule has 2 atom stereocenters. The molecule has 5 aliphatic rings. The van der Waals surface area contributed by atoms with Gasteiger partial charge in [0.1, 0.15) is 17.3 Å². The zero-order chi connectivity index (χ0) is 35.4. The van der Waals surface area contributed by atoms with Crippen LogP contribution in [0.4, 0.5) is 10.5 Å². The van der Waals surface area contributed by atoms with Gasteiger partial charge in [-0.15, -0.1) is 0 Å². The lowest BCUT2D eigenvalue weighted by Gasteiger charge is -2.46. The molecule has 9 rings (SSSR count). The number of amides is 4. The fourth-order valence-electron chi connectivity index (χ4n) is 8.62. The predicted octanol–water partition coefficient (Wildman–Crippen LogP) is 5.25. The fraction of sp³-hybridized carbons (Fsp3) is 0.425. The molecule has 11 heteroatoms. The fourth-order valence-corrected chi connectivity index (χ4v) is 8.62. The summed E-state index contributed by atoms with van der Waals surface area (Å²) >= 11 is 0. The predicted molar refractivity (Wildman–Crippen MR) is 195 cm³/mol. The molecule has 5 heterocycles. The lowest BCUT2D eigenvalue weighted by molar-refractivity contribution is -0.140. The van der Waals surface area contributed by atoms with E-state index in [4.69, 9.17) is 5.10 Å². The molecule has 2 saturated carbocycles. The molecule has 3 saturated heterocycles. The zero-order valence-corrected chi connectivity index (χ0v) is 29.5. The summed E-state index contributed by atoms with van der Waals surface area (Å²) < 4.78 is 3.79. The molecule has 11 nitrogen and oxygen atoms in total. The van der Waals surface area contributed by atoms with E-state index in [0.717, 1.165) is 72.0 Å². The van der Waals surface area contributed by atoms with Gasteiger partial charge in [0.2, 0.25) is 11.8 Å². The number of piperidine rings is 2. The van der Waals surface area contributed by atoms with Gasteiger partial charge in [-0.2, -0.15) is 5.10 Å². The van der Waals surface area contributed by atoms with Crippen LogP contribution in [0.1, 0.15) is 85.7 Å². The Morgan fingerprint density at radius 2 is 1.67 bits per heavy atom. The van der Waals surface area contributed by atoms with Gasteiger partial charge < -0.3 is 20.1 Å². The standard InChI is InChI=1S/C40H45N7O4/c1-25-14-16-27(17-15-25)35(31-23-47(29-10-5-6-11-29)43-34(31)30-12-7-4-9-26(30)2)45-22-8-13-32(37(45)49)46-24-33(44(3)39(46)51)36(48)42-40-20-18-28(19-21-40)41-38(40)50/h4,7-9,12-17,22-23,28-29,33,35H,5-6,10-11,18-21,24H2,1-3H3,(H,41,50)(H,42,48)/t28?,33-,35-,40?/m1/s1. The van der Waals surface area contributed by atoms with E-state index in [1.807, 2.05) is 31.2 Å². The Morgan fingerprint density at radius 3 is 2.37 bits per heavy atom. The Balaban J connectivity index is 1.19. The molecule has 0 radical (unpaired) electrons. The first-order chi connectivity index (χ1) is 24.6. The highest BCUT2D eigenvalue weighted by atomic mass is 16.2. The Labute approximate surface area is 297 Å². The Morgan fingerprint density at radius 1 is 0.941 bits per heavy atom. The van der Waals surface area contributed by atoms with E-state index in [-0.39, 0.29) is 35.6 Å². The van der Waals surface area contributed by atoms with Crippen molar-refractivity contribution in [2.24, 2.45) is 0 Å². The second-order valence-electron chi connectivity index (χ2n) is 14.9. The second-order valence-corrected chi connectivity index (χ2v) is 14.9. The summed E-state index contributed by atoms with van der Waals surface area (Å²) in [5.74, 6) is -0.545. The normalized spacial score (nSPS) is 23.9. The number of hydrogen-bond donors (Lipinski definition) is 2. The van der Waals surface area contributed by atoms with Crippen LogP contribution in [0.15, 0.2) is 77.9 Å². The Bertz CT molecular complexity index is 2050. The lowest BCUT2D eigenvalue weighted by Crippen LogP contribution is -2.69. The van der Waals surface area contributed by atoms with Crippen LogP contribution in [0.25, 0.3) is 11.3 Å². The number of likely N-dealkylation sites (N-methyl/N-ethyl adjacent to an activating group) is 1. The van der Waals surface area contributed by atoms with E-state index < -0.39 is 23.7 Å². The monoisotopic (exact) mass is 687 g/mol. The molecular formula is C40H45N7O4. The van der Waals surface area contributed by atoms with Crippen molar-refractivity contribution in [3.05, 3.63) is 106 Å². The summed E-state index contributed by atoms with van der Waals surface area (Å²) in [6, 6.07) is 18.4. The number of aryl methyl sites for hydroxylation is 2. The summed E-state index contributed by atoms with van der Waals surface area (Å²) in [7, 11) is 1.57. The molecule has 0 unspecified atom stereocenters. The maximum atomic E-state index is 14.7. The van der Waals surface area contributed by atoms with Crippen molar-refractivity contribution >= 4 is 23.5 Å². The minimum atomic E-state index is -0.957. The van der Waals surface area contributed by atoms with Crippen molar-refractivity contribution < 1.29 is 14.4 Å². The van der Waals surface area contributed by atoms with E-state index >= 15 is 0 Å². The van der Waals surface area contributed by atoms with Gasteiger partial charge in [-0.25, -0.2) is 4.79 Å². The first kappa shape index (κ1) is 33.0. The molecule has 2 bridgehead atoms. The Kier molecular flexibility index (Phi) is 8.31. The lowest BCUT2D eigenvalue weighted by atomic mass is 9.74. The molecule has 51 heavy (non-hydrogen) atoms. The maximum Gasteiger partial charge on any atom is 0.325 e. The topological polar surface area (TPSA) is 122 Å². The third kappa shape index (κ3) is 5.72.